The van der Waals surface area contributed by atoms with Crippen molar-refractivity contribution < 1.29 is 5.11 Å². The Morgan fingerprint density at radius 2 is 2.25 bits per heavy atom. The number of halogens is 1. The minimum atomic E-state index is 0.142. The molecule has 2 rings (SSSR count). The first kappa shape index (κ1) is 11.0. The van der Waals surface area contributed by atoms with Crippen molar-refractivity contribution >= 4 is 11.6 Å². The Bertz CT molecular complexity index is 456. The Morgan fingerprint density at radius 1 is 1.38 bits per heavy atom. The van der Waals surface area contributed by atoms with E-state index in [-0.39, 0.29) is 5.75 Å². The lowest BCUT2D eigenvalue weighted by Gasteiger charge is -2.06. The SMILES string of the molecule is Oc1c(Cl)cccc1CNCc1cn[nH]c1. The summed E-state index contributed by atoms with van der Waals surface area (Å²) < 4.78 is 0. The number of para-hydroxylation sites is 1. The molecule has 0 aliphatic rings. The smallest absolute Gasteiger partial charge is 0.138 e. The third kappa shape index (κ3) is 2.53. The number of hydrogen-bond donors (Lipinski definition) is 3. The minimum absolute atomic E-state index is 0.142. The first-order chi connectivity index (χ1) is 7.77. The Morgan fingerprint density at radius 3 is 3.00 bits per heavy atom. The van der Waals surface area contributed by atoms with Crippen LogP contribution >= 0.6 is 11.6 Å². The van der Waals surface area contributed by atoms with Gasteiger partial charge in [-0.25, -0.2) is 0 Å². The molecule has 0 bridgehead atoms. The quantitative estimate of drug-likeness (QED) is 0.763. The molecule has 5 heteroatoms. The zero-order valence-corrected chi connectivity index (χ0v) is 9.33. The van der Waals surface area contributed by atoms with Gasteiger partial charge in [0.25, 0.3) is 0 Å². The number of nitrogens with zero attached hydrogens (tertiary/aromatic N) is 1. The van der Waals surface area contributed by atoms with Crippen LogP contribution in [0.3, 0.4) is 0 Å². The van der Waals surface area contributed by atoms with Crippen LogP contribution in [0, 0.1) is 0 Å². The van der Waals surface area contributed by atoms with Gasteiger partial charge in [0.2, 0.25) is 0 Å². The van der Waals surface area contributed by atoms with E-state index in [9.17, 15) is 5.11 Å². The molecule has 0 atom stereocenters. The van der Waals surface area contributed by atoms with Crippen LogP contribution in [0.15, 0.2) is 30.6 Å². The van der Waals surface area contributed by atoms with Gasteiger partial charge < -0.3 is 10.4 Å². The lowest BCUT2D eigenvalue weighted by molar-refractivity contribution is 0.464. The number of phenols is 1. The fourth-order valence-electron chi connectivity index (χ4n) is 1.42. The van der Waals surface area contributed by atoms with Gasteiger partial charge in [-0.15, -0.1) is 0 Å². The van der Waals surface area contributed by atoms with E-state index in [4.69, 9.17) is 11.6 Å². The van der Waals surface area contributed by atoms with E-state index in [1.54, 1.807) is 12.3 Å². The molecule has 1 heterocycles. The number of rotatable bonds is 4. The number of nitrogens with one attached hydrogen (secondary N) is 2. The molecule has 0 aliphatic heterocycles. The predicted octanol–water partition coefficient (Wildman–Crippen LogP) is 2.06. The van der Waals surface area contributed by atoms with Crippen molar-refractivity contribution in [2.75, 3.05) is 0 Å². The van der Waals surface area contributed by atoms with Crippen LogP contribution in [0.25, 0.3) is 0 Å². The number of aromatic amines is 1. The lowest BCUT2D eigenvalue weighted by atomic mass is 10.2. The lowest BCUT2D eigenvalue weighted by Crippen LogP contribution is -2.12. The molecular weight excluding hydrogens is 226 g/mol. The zero-order chi connectivity index (χ0) is 11.4. The van der Waals surface area contributed by atoms with E-state index in [2.05, 4.69) is 15.5 Å². The largest absolute Gasteiger partial charge is 0.506 e. The molecule has 16 heavy (non-hydrogen) atoms. The molecule has 3 N–H and O–H groups in total. The van der Waals surface area contributed by atoms with Crippen LogP contribution < -0.4 is 5.32 Å². The van der Waals surface area contributed by atoms with Crippen LogP contribution in [0.4, 0.5) is 0 Å². The van der Waals surface area contributed by atoms with E-state index in [0.29, 0.717) is 18.1 Å². The second-order valence-corrected chi connectivity index (χ2v) is 3.86. The van der Waals surface area contributed by atoms with Crippen molar-refractivity contribution in [3.05, 3.63) is 46.7 Å². The van der Waals surface area contributed by atoms with Crippen molar-refractivity contribution in [3.63, 3.8) is 0 Å². The second-order valence-electron chi connectivity index (χ2n) is 3.46. The van der Waals surface area contributed by atoms with E-state index >= 15 is 0 Å². The molecule has 0 spiro atoms. The molecule has 0 aliphatic carbocycles. The molecule has 4 nitrogen and oxygen atoms in total. The highest BCUT2D eigenvalue weighted by Gasteiger charge is 2.04. The molecule has 1 aromatic carbocycles. The van der Waals surface area contributed by atoms with Crippen molar-refractivity contribution in [2.45, 2.75) is 13.1 Å². The normalized spacial score (nSPS) is 10.6. The summed E-state index contributed by atoms with van der Waals surface area (Å²) >= 11 is 5.80. The molecule has 84 valence electrons. The third-order valence-electron chi connectivity index (χ3n) is 2.27. The Labute approximate surface area is 98.3 Å². The number of aromatic hydroxyl groups is 1. The van der Waals surface area contributed by atoms with Crippen molar-refractivity contribution in [2.24, 2.45) is 0 Å². The van der Waals surface area contributed by atoms with Crippen LogP contribution in [0.2, 0.25) is 5.02 Å². The van der Waals surface area contributed by atoms with E-state index in [0.717, 1.165) is 11.1 Å². The van der Waals surface area contributed by atoms with Crippen LogP contribution in [0.1, 0.15) is 11.1 Å². The summed E-state index contributed by atoms with van der Waals surface area (Å²) in [4.78, 5) is 0. The molecule has 1 aromatic heterocycles. The second kappa shape index (κ2) is 5.01. The van der Waals surface area contributed by atoms with Gasteiger partial charge in [0.05, 0.1) is 11.2 Å². The van der Waals surface area contributed by atoms with Gasteiger partial charge in [0.1, 0.15) is 5.75 Å². The molecule has 0 saturated carbocycles. The summed E-state index contributed by atoms with van der Waals surface area (Å²) in [6, 6.07) is 5.32. The van der Waals surface area contributed by atoms with Gasteiger partial charge >= 0.3 is 0 Å². The first-order valence-corrected chi connectivity index (χ1v) is 5.30. The fourth-order valence-corrected chi connectivity index (χ4v) is 1.61. The summed E-state index contributed by atoms with van der Waals surface area (Å²) in [6.45, 7) is 1.26. The fraction of sp³-hybridized carbons (Fsp3) is 0.182. The summed E-state index contributed by atoms with van der Waals surface area (Å²) in [7, 11) is 0. The molecule has 0 radical (unpaired) electrons. The van der Waals surface area contributed by atoms with E-state index in [1.807, 2.05) is 18.3 Å². The molecule has 2 aromatic rings. The van der Waals surface area contributed by atoms with Gasteiger partial charge in [-0.1, -0.05) is 23.7 Å². The Hall–Kier alpha value is -1.52. The summed E-state index contributed by atoms with van der Waals surface area (Å²) in [5, 5.41) is 19.8. The van der Waals surface area contributed by atoms with Crippen molar-refractivity contribution in [1.82, 2.24) is 15.5 Å². The Kier molecular flexibility index (Phi) is 3.44. The minimum Gasteiger partial charge on any atom is -0.506 e. The van der Waals surface area contributed by atoms with Crippen LogP contribution in [-0.4, -0.2) is 15.3 Å². The first-order valence-electron chi connectivity index (χ1n) is 4.92. The third-order valence-corrected chi connectivity index (χ3v) is 2.57. The topological polar surface area (TPSA) is 60.9 Å². The van der Waals surface area contributed by atoms with Gasteiger partial charge in [-0.05, 0) is 6.07 Å². The average molecular weight is 238 g/mol. The highest BCUT2D eigenvalue weighted by molar-refractivity contribution is 6.32. The highest BCUT2D eigenvalue weighted by atomic mass is 35.5. The van der Waals surface area contributed by atoms with E-state index in [1.165, 1.54) is 0 Å². The summed E-state index contributed by atoms with van der Waals surface area (Å²) in [5.41, 5.74) is 1.86. The molecular formula is C11H12ClN3O. The van der Waals surface area contributed by atoms with Gasteiger partial charge in [-0.3, -0.25) is 5.10 Å². The van der Waals surface area contributed by atoms with Crippen molar-refractivity contribution in [1.29, 1.82) is 0 Å². The maximum atomic E-state index is 9.66. The standard InChI is InChI=1S/C11H12ClN3O/c12-10-3-1-2-9(11(10)16)7-13-4-8-5-14-15-6-8/h1-3,5-6,13,16H,4,7H2,(H,14,15). The van der Waals surface area contributed by atoms with Gasteiger partial charge in [-0.2, -0.15) is 5.10 Å². The maximum Gasteiger partial charge on any atom is 0.138 e. The summed E-state index contributed by atoms with van der Waals surface area (Å²) in [6.07, 6.45) is 3.58. The Balaban J connectivity index is 1.92. The van der Waals surface area contributed by atoms with Gasteiger partial charge in [0, 0.05) is 30.4 Å². The molecule has 0 saturated heterocycles. The van der Waals surface area contributed by atoms with Crippen molar-refractivity contribution in [3.8, 4) is 5.75 Å². The maximum absolute atomic E-state index is 9.66. The number of phenolic OH excluding ortho intramolecular Hbond substituents is 1. The van der Waals surface area contributed by atoms with Crippen LogP contribution in [-0.2, 0) is 13.1 Å². The van der Waals surface area contributed by atoms with Gasteiger partial charge in [0.15, 0.2) is 0 Å². The highest BCUT2D eigenvalue weighted by Crippen LogP contribution is 2.26. The number of H-pyrrole nitrogens is 1. The molecule has 0 unspecified atom stereocenters. The molecule has 0 fully saturated rings. The predicted molar refractivity (Wildman–Crippen MR) is 62.2 cm³/mol. The monoisotopic (exact) mass is 237 g/mol. The number of aromatic nitrogens is 2. The van der Waals surface area contributed by atoms with E-state index < -0.39 is 0 Å². The number of hydrogen-bond acceptors (Lipinski definition) is 3. The zero-order valence-electron chi connectivity index (χ0n) is 8.57. The average Bonchev–Trinajstić information content (AvgIpc) is 2.77. The number of benzene rings is 1. The molecule has 0 amide bonds. The van der Waals surface area contributed by atoms with Crippen LogP contribution in [0.5, 0.6) is 5.75 Å². The summed E-state index contributed by atoms with van der Waals surface area (Å²) in [5.74, 6) is 0.142.